The molecule has 0 aliphatic heterocycles. The third-order valence-electron chi connectivity index (χ3n) is 2.91. The van der Waals surface area contributed by atoms with Crippen molar-refractivity contribution in [3.05, 3.63) is 64.0 Å². The molecule has 0 amide bonds. The summed E-state index contributed by atoms with van der Waals surface area (Å²) in [5.41, 5.74) is -3.01. The smallest absolute Gasteiger partial charge is 0.258 e. The number of sulfone groups is 1. The molecule has 0 aliphatic carbocycles. The van der Waals surface area contributed by atoms with E-state index in [-0.39, 0.29) is 12.1 Å². The van der Waals surface area contributed by atoms with Crippen molar-refractivity contribution in [1.82, 2.24) is 0 Å². The summed E-state index contributed by atoms with van der Waals surface area (Å²) in [5.74, 6) is -1.12. The number of hydrogen-bond acceptors (Lipinski definition) is 4. The molecule has 2 aromatic rings. The van der Waals surface area contributed by atoms with Crippen LogP contribution >= 0.6 is 0 Å². The van der Waals surface area contributed by atoms with Gasteiger partial charge in [0.05, 0.1) is 9.82 Å². The minimum Gasteiger partial charge on any atom is -0.258 e. The van der Waals surface area contributed by atoms with Crippen LogP contribution in [0.25, 0.3) is 0 Å². The van der Waals surface area contributed by atoms with E-state index < -0.39 is 47.8 Å². The Balaban J connectivity index is 2.69. The zero-order chi connectivity index (χ0) is 17.4. The van der Waals surface area contributed by atoms with E-state index >= 15 is 0 Å². The van der Waals surface area contributed by atoms with Crippen molar-refractivity contribution in [1.29, 1.82) is 0 Å². The minimum absolute atomic E-state index is 0.268. The molecular weight excluding hydrogens is 342 g/mol. The Kier molecular flexibility index (Phi) is 4.12. The first-order chi connectivity index (χ1) is 10.5. The van der Waals surface area contributed by atoms with Gasteiger partial charge in [0.2, 0.25) is 9.84 Å². The number of rotatable bonds is 3. The quantitative estimate of drug-likeness (QED) is 0.482. The van der Waals surface area contributed by atoms with Crippen molar-refractivity contribution in [3.63, 3.8) is 0 Å². The van der Waals surface area contributed by atoms with Crippen molar-refractivity contribution < 1.29 is 30.9 Å². The molecule has 0 unspecified atom stereocenters. The lowest BCUT2D eigenvalue weighted by Crippen LogP contribution is -2.11. The second kappa shape index (κ2) is 5.61. The average Bonchev–Trinajstić information content (AvgIpc) is 2.45. The second-order valence-corrected chi connectivity index (χ2v) is 6.29. The third-order valence-corrected chi connectivity index (χ3v) is 4.69. The predicted molar refractivity (Wildman–Crippen MR) is 70.0 cm³/mol. The molecule has 0 bridgehead atoms. The van der Waals surface area contributed by atoms with Crippen molar-refractivity contribution in [2.45, 2.75) is 16.0 Å². The SMILES string of the molecule is O=[N+]([O-])c1cc(S(=O)(=O)c2ccccc2F)ccc1C(F)(F)F. The maximum absolute atomic E-state index is 13.6. The summed E-state index contributed by atoms with van der Waals surface area (Å²) >= 11 is 0. The van der Waals surface area contributed by atoms with Gasteiger partial charge in [-0.3, -0.25) is 10.1 Å². The molecule has 23 heavy (non-hydrogen) atoms. The van der Waals surface area contributed by atoms with Gasteiger partial charge in [-0.2, -0.15) is 13.2 Å². The van der Waals surface area contributed by atoms with Crippen LogP contribution in [-0.4, -0.2) is 13.3 Å². The number of halogens is 4. The summed E-state index contributed by atoms with van der Waals surface area (Å²) in [6, 6.07) is 5.31. The lowest BCUT2D eigenvalue weighted by Gasteiger charge is -2.10. The Morgan fingerprint density at radius 3 is 2.17 bits per heavy atom. The molecular formula is C13H7F4NO4S. The Morgan fingerprint density at radius 2 is 1.65 bits per heavy atom. The van der Waals surface area contributed by atoms with E-state index in [1.165, 1.54) is 12.1 Å². The zero-order valence-corrected chi connectivity index (χ0v) is 11.9. The van der Waals surface area contributed by atoms with Crippen LogP contribution in [0.1, 0.15) is 5.56 Å². The molecule has 2 rings (SSSR count). The van der Waals surface area contributed by atoms with E-state index in [1.54, 1.807) is 0 Å². The van der Waals surface area contributed by atoms with Gasteiger partial charge >= 0.3 is 6.18 Å². The van der Waals surface area contributed by atoms with Crippen LogP contribution in [0.15, 0.2) is 52.3 Å². The number of nitro benzene ring substituents is 1. The van der Waals surface area contributed by atoms with Gasteiger partial charge in [0, 0.05) is 6.07 Å². The van der Waals surface area contributed by atoms with Gasteiger partial charge in [-0.15, -0.1) is 0 Å². The average molecular weight is 349 g/mol. The van der Waals surface area contributed by atoms with Gasteiger partial charge < -0.3 is 0 Å². The molecule has 0 N–H and O–H groups in total. The number of nitro groups is 1. The molecule has 0 radical (unpaired) electrons. The van der Waals surface area contributed by atoms with Crippen molar-refractivity contribution in [2.75, 3.05) is 0 Å². The highest BCUT2D eigenvalue weighted by atomic mass is 32.2. The Hall–Kier alpha value is -2.49. The van der Waals surface area contributed by atoms with Crippen LogP contribution in [0.5, 0.6) is 0 Å². The number of benzene rings is 2. The van der Waals surface area contributed by atoms with Crippen LogP contribution in [0.3, 0.4) is 0 Å². The Bertz CT molecular complexity index is 878. The Morgan fingerprint density at radius 1 is 1.04 bits per heavy atom. The minimum atomic E-state index is -5.03. The molecule has 0 atom stereocenters. The van der Waals surface area contributed by atoms with Gasteiger partial charge in [-0.1, -0.05) is 12.1 Å². The molecule has 10 heteroatoms. The molecule has 0 spiro atoms. The maximum atomic E-state index is 13.6. The molecule has 0 saturated heterocycles. The van der Waals surface area contributed by atoms with Crippen molar-refractivity contribution in [2.24, 2.45) is 0 Å². The molecule has 0 heterocycles. The first kappa shape index (κ1) is 16.9. The maximum Gasteiger partial charge on any atom is 0.422 e. The molecule has 5 nitrogen and oxygen atoms in total. The van der Waals surface area contributed by atoms with Crippen molar-refractivity contribution in [3.8, 4) is 0 Å². The van der Waals surface area contributed by atoms with E-state index in [2.05, 4.69) is 0 Å². The van der Waals surface area contributed by atoms with Crippen molar-refractivity contribution >= 4 is 15.5 Å². The highest BCUT2D eigenvalue weighted by Gasteiger charge is 2.39. The summed E-state index contributed by atoms with van der Waals surface area (Å²) in [7, 11) is -4.53. The van der Waals surface area contributed by atoms with Gasteiger partial charge in [0.15, 0.2) is 0 Å². The topological polar surface area (TPSA) is 77.3 Å². The predicted octanol–water partition coefficient (Wildman–Crippen LogP) is 3.59. The fourth-order valence-electron chi connectivity index (χ4n) is 1.86. The monoisotopic (exact) mass is 349 g/mol. The van der Waals surface area contributed by atoms with Crippen LogP contribution in [0.4, 0.5) is 23.2 Å². The summed E-state index contributed by atoms with van der Waals surface area (Å²) in [6.45, 7) is 0. The van der Waals surface area contributed by atoms with Gasteiger partial charge in [-0.25, -0.2) is 12.8 Å². The van der Waals surface area contributed by atoms with E-state index in [9.17, 15) is 36.1 Å². The third kappa shape index (κ3) is 3.16. The molecule has 0 fully saturated rings. The Labute approximate surface area is 127 Å². The van der Waals surface area contributed by atoms with Gasteiger partial charge in [-0.05, 0) is 24.3 Å². The summed E-state index contributed by atoms with van der Waals surface area (Å²) in [5, 5.41) is 10.8. The first-order valence-corrected chi connectivity index (χ1v) is 7.38. The molecule has 0 aromatic heterocycles. The summed E-state index contributed by atoms with van der Waals surface area (Å²) in [6.07, 6.45) is -5.03. The van der Waals surface area contributed by atoms with Crippen LogP contribution in [0.2, 0.25) is 0 Å². The fraction of sp³-hybridized carbons (Fsp3) is 0.0769. The van der Waals surface area contributed by atoms with Gasteiger partial charge in [0.25, 0.3) is 5.69 Å². The van der Waals surface area contributed by atoms with E-state index in [0.717, 1.165) is 12.1 Å². The van der Waals surface area contributed by atoms with E-state index in [4.69, 9.17) is 0 Å². The molecule has 0 aliphatic rings. The largest absolute Gasteiger partial charge is 0.422 e. The van der Waals surface area contributed by atoms with Crippen LogP contribution < -0.4 is 0 Å². The lowest BCUT2D eigenvalue weighted by molar-refractivity contribution is -0.388. The molecule has 122 valence electrons. The standard InChI is InChI=1S/C13H7F4NO4S/c14-10-3-1-2-4-12(10)23(21,22)8-5-6-9(13(15,16)17)11(7-8)18(19)20/h1-7H. The summed E-state index contributed by atoms with van der Waals surface area (Å²) in [4.78, 5) is 7.86. The van der Waals surface area contributed by atoms with E-state index in [0.29, 0.717) is 6.07 Å². The summed E-state index contributed by atoms with van der Waals surface area (Å²) < 4.78 is 76.2. The molecule has 0 saturated carbocycles. The number of hydrogen-bond donors (Lipinski definition) is 0. The normalized spacial score (nSPS) is 12.2. The fourth-order valence-corrected chi connectivity index (χ4v) is 3.21. The number of alkyl halides is 3. The highest BCUT2D eigenvalue weighted by Crippen LogP contribution is 2.38. The van der Waals surface area contributed by atoms with Crippen LogP contribution in [-0.2, 0) is 16.0 Å². The molecule has 2 aromatic carbocycles. The second-order valence-electron chi connectivity index (χ2n) is 4.37. The number of nitrogens with zero attached hydrogens (tertiary/aromatic N) is 1. The lowest BCUT2D eigenvalue weighted by atomic mass is 10.2. The van der Waals surface area contributed by atoms with Crippen LogP contribution in [0, 0.1) is 15.9 Å². The first-order valence-electron chi connectivity index (χ1n) is 5.90. The van der Waals surface area contributed by atoms with Gasteiger partial charge in [0.1, 0.15) is 16.3 Å². The zero-order valence-electron chi connectivity index (χ0n) is 11.0. The highest BCUT2D eigenvalue weighted by molar-refractivity contribution is 7.91. The van der Waals surface area contributed by atoms with E-state index in [1.807, 2.05) is 0 Å².